The van der Waals surface area contributed by atoms with Crippen LogP contribution in [-0.4, -0.2) is 23.2 Å². The molecule has 0 unspecified atom stereocenters. The second kappa shape index (κ2) is 5.68. The topological polar surface area (TPSA) is 75.3 Å². The summed E-state index contributed by atoms with van der Waals surface area (Å²) in [4.78, 5) is 11.5. The third-order valence-electron chi connectivity index (χ3n) is 2.31. The van der Waals surface area contributed by atoms with Crippen molar-refractivity contribution in [3.05, 3.63) is 29.8 Å². The Balaban J connectivity index is 2.33. The quantitative estimate of drug-likeness (QED) is 0.670. The summed E-state index contributed by atoms with van der Waals surface area (Å²) in [5.41, 5.74) is 6.53. The number of carbonyl (C=O) groups is 1. The number of rotatable bonds is 5. The number of amides is 1. The van der Waals surface area contributed by atoms with Gasteiger partial charge in [0.2, 0.25) is 5.91 Å². The lowest BCUT2D eigenvalue weighted by atomic mass is 10.1. The number of nitrogen functional groups attached to an aromatic ring is 1. The molecule has 17 heavy (non-hydrogen) atoms. The second-order valence-electron chi connectivity index (χ2n) is 4.83. The van der Waals surface area contributed by atoms with E-state index in [-0.39, 0.29) is 12.5 Å². The molecule has 0 bridgehead atoms. The van der Waals surface area contributed by atoms with E-state index in [9.17, 15) is 9.90 Å². The molecule has 94 valence electrons. The number of hydrogen-bond donors (Lipinski definition) is 3. The van der Waals surface area contributed by atoms with Crippen LogP contribution >= 0.6 is 0 Å². The molecular weight excluding hydrogens is 216 g/mol. The zero-order chi connectivity index (χ0) is 12.9. The third-order valence-corrected chi connectivity index (χ3v) is 2.31. The average molecular weight is 236 g/mol. The van der Waals surface area contributed by atoms with Gasteiger partial charge in [-0.25, -0.2) is 0 Å². The van der Waals surface area contributed by atoms with Crippen molar-refractivity contribution in [2.24, 2.45) is 0 Å². The van der Waals surface area contributed by atoms with Crippen molar-refractivity contribution < 1.29 is 9.90 Å². The maximum Gasteiger partial charge on any atom is 0.220 e. The highest BCUT2D eigenvalue weighted by Crippen LogP contribution is 2.08. The minimum Gasteiger partial charge on any atom is -0.399 e. The van der Waals surface area contributed by atoms with Crippen LogP contribution in [0.2, 0.25) is 0 Å². The molecule has 1 aromatic carbocycles. The molecule has 0 aromatic heterocycles. The summed E-state index contributed by atoms with van der Waals surface area (Å²) in [7, 11) is 0. The number of aliphatic hydroxyl groups is 1. The third kappa shape index (κ3) is 5.92. The van der Waals surface area contributed by atoms with Crippen LogP contribution < -0.4 is 11.1 Å². The van der Waals surface area contributed by atoms with E-state index in [1.807, 2.05) is 24.3 Å². The molecule has 0 heterocycles. The van der Waals surface area contributed by atoms with Crippen LogP contribution in [0.25, 0.3) is 0 Å². The van der Waals surface area contributed by atoms with E-state index in [2.05, 4.69) is 5.32 Å². The van der Waals surface area contributed by atoms with Gasteiger partial charge in [0.15, 0.2) is 0 Å². The average Bonchev–Trinajstić information content (AvgIpc) is 2.23. The van der Waals surface area contributed by atoms with Crippen LogP contribution in [0.5, 0.6) is 0 Å². The summed E-state index contributed by atoms with van der Waals surface area (Å²) in [5.74, 6) is -0.0606. The standard InChI is InChI=1S/C13H20N2O2/c1-13(2,17)9-15-12(16)7-6-10-4-3-5-11(14)8-10/h3-5,8,17H,6-7,9,14H2,1-2H3,(H,15,16). The molecule has 0 aliphatic heterocycles. The molecule has 0 saturated heterocycles. The first-order valence-corrected chi connectivity index (χ1v) is 5.70. The van der Waals surface area contributed by atoms with Crippen molar-refractivity contribution >= 4 is 11.6 Å². The molecule has 0 aliphatic carbocycles. The van der Waals surface area contributed by atoms with Crippen LogP contribution in [0.4, 0.5) is 5.69 Å². The number of hydrogen-bond acceptors (Lipinski definition) is 3. The number of anilines is 1. The SMILES string of the molecule is CC(C)(O)CNC(=O)CCc1cccc(N)c1. The fraction of sp³-hybridized carbons (Fsp3) is 0.462. The van der Waals surface area contributed by atoms with Crippen LogP contribution in [-0.2, 0) is 11.2 Å². The first-order valence-electron chi connectivity index (χ1n) is 5.70. The van der Waals surface area contributed by atoms with Gasteiger partial charge < -0.3 is 16.2 Å². The smallest absolute Gasteiger partial charge is 0.220 e. The number of nitrogens with one attached hydrogen (secondary N) is 1. The Morgan fingerprint density at radius 3 is 2.76 bits per heavy atom. The molecule has 1 amide bonds. The molecule has 1 aromatic rings. The number of carbonyl (C=O) groups excluding carboxylic acids is 1. The fourth-order valence-electron chi connectivity index (χ4n) is 1.41. The zero-order valence-corrected chi connectivity index (χ0v) is 10.4. The lowest BCUT2D eigenvalue weighted by Crippen LogP contribution is -2.38. The second-order valence-corrected chi connectivity index (χ2v) is 4.83. The minimum atomic E-state index is -0.868. The molecule has 0 fully saturated rings. The zero-order valence-electron chi connectivity index (χ0n) is 10.4. The molecule has 0 spiro atoms. The molecule has 0 saturated carbocycles. The van der Waals surface area contributed by atoms with Crippen molar-refractivity contribution in [3.8, 4) is 0 Å². The summed E-state index contributed by atoms with van der Waals surface area (Å²) in [5, 5.41) is 12.1. The number of nitrogens with two attached hydrogens (primary N) is 1. The predicted octanol–water partition coefficient (Wildman–Crippen LogP) is 1.09. The van der Waals surface area contributed by atoms with E-state index < -0.39 is 5.60 Å². The summed E-state index contributed by atoms with van der Waals surface area (Å²) in [6.07, 6.45) is 1.06. The Morgan fingerprint density at radius 2 is 2.18 bits per heavy atom. The normalized spacial score (nSPS) is 11.2. The summed E-state index contributed by atoms with van der Waals surface area (Å²) in [6.45, 7) is 3.58. The van der Waals surface area contributed by atoms with E-state index in [4.69, 9.17) is 5.73 Å². The summed E-state index contributed by atoms with van der Waals surface area (Å²) < 4.78 is 0. The molecule has 0 atom stereocenters. The minimum absolute atomic E-state index is 0.0606. The van der Waals surface area contributed by atoms with Crippen LogP contribution in [0.3, 0.4) is 0 Å². The van der Waals surface area contributed by atoms with Gasteiger partial charge >= 0.3 is 0 Å². The van der Waals surface area contributed by atoms with Crippen molar-refractivity contribution in [3.63, 3.8) is 0 Å². The summed E-state index contributed by atoms with van der Waals surface area (Å²) in [6, 6.07) is 7.50. The largest absolute Gasteiger partial charge is 0.399 e. The Kier molecular flexibility index (Phi) is 4.52. The monoisotopic (exact) mass is 236 g/mol. The van der Waals surface area contributed by atoms with Gasteiger partial charge in [-0.15, -0.1) is 0 Å². The maximum atomic E-state index is 11.5. The number of benzene rings is 1. The highest BCUT2D eigenvalue weighted by Gasteiger charge is 2.13. The Labute approximate surface area is 102 Å². The van der Waals surface area contributed by atoms with Gasteiger partial charge in [0.05, 0.1) is 5.60 Å². The highest BCUT2D eigenvalue weighted by molar-refractivity contribution is 5.76. The molecule has 4 N–H and O–H groups in total. The lowest BCUT2D eigenvalue weighted by molar-refractivity contribution is -0.122. The van der Waals surface area contributed by atoms with E-state index in [0.29, 0.717) is 18.5 Å². The maximum absolute atomic E-state index is 11.5. The van der Waals surface area contributed by atoms with Crippen molar-refractivity contribution in [1.82, 2.24) is 5.32 Å². The Bertz CT molecular complexity index is 383. The van der Waals surface area contributed by atoms with Crippen LogP contribution in [0.15, 0.2) is 24.3 Å². The first kappa shape index (κ1) is 13.5. The molecule has 4 nitrogen and oxygen atoms in total. The number of aryl methyl sites for hydroxylation is 1. The van der Waals surface area contributed by atoms with Gasteiger partial charge in [-0.2, -0.15) is 0 Å². The van der Waals surface area contributed by atoms with E-state index in [0.717, 1.165) is 5.56 Å². The first-order chi connectivity index (χ1) is 7.87. The van der Waals surface area contributed by atoms with Gasteiger partial charge in [0, 0.05) is 18.7 Å². The van der Waals surface area contributed by atoms with Gasteiger partial charge in [-0.3, -0.25) is 4.79 Å². The van der Waals surface area contributed by atoms with E-state index in [1.165, 1.54) is 0 Å². The van der Waals surface area contributed by atoms with Gasteiger partial charge in [0.25, 0.3) is 0 Å². The highest BCUT2D eigenvalue weighted by atomic mass is 16.3. The predicted molar refractivity (Wildman–Crippen MR) is 68.5 cm³/mol. The van der Waals surface area contributed by atoms with Gasteiger partial charge in [0.1, 0.15) is 0 Å². The van der Waals surface area contributed by atoms with E-state index >= 15 is 0 Å². The fourth-order valence-corrected chi connectivity index (χ4v) is 1.41. The molecule has 0 radical (unpaired) electrons. The molecule has 4 heteroatoms. The van der Waals surface area contributed by atoms with Gasteiger partial charge in [-0.05, 0) is 38.0 Å². The van der Waals surface area contributed by atoms with Crippen molar-refractivity contribution in [2.75, 3.05) is 12.3 Å². The Hall–Kier alpha value is -1.55. The molecular formula is C13H20N2O2. The van der Waals surface area contributed by atoms with E-state index in [1.54, 1.807) is 13.8 Å². The van der Waals surface area contributed by atoms with Crippen LogP contribution in [0.1, 0.15) is 25.8 Å². The molecule has 0 aliphatic rings. The van der Waals surface area contributed by atoms with Crippen molar-refractivity contribution in [1.29, 1.82) is 0 Å². The van der Waals surface area contributed by atoms with Crippen molar-refractivity contribution in [2.45, 2.75) is 32.3 Å². The summed E-state index contributed by atoms with van der Waals surface area (Å²) >= 11 is 0. The lowest BCUT2D eigenvalue weighted by Gasteiger charge is -2.17. The Morgan fingerprint density at radius 1 is 1.47 bits per heavy atom. The molecule has 1 rings (SSSR count). The van der Waals surface area contributed by atoms with Crippen LogP contribution in [0, 0.1) is 0 Å². The van der Waals surface area contributed by atoms with Gasteiger partial charge in [-0.1, -0.05) is 12.1 Å².